The van der Waals surface area contributed by atoms with E-state index in [1.807, 2.05) is 0 Å². The van der Waals surface area contributed by atoms with E-state index >= 15 is 0 Å². The number of rotatable bonds is 6. The highest BCUT2D eigenvalue weighted by Crippen LogP contribution is 2.35. The van der Waals surface area contributed by atoms with Gasteiger partial charge in [0, 0.05) is 10.4 Å². The van der Waals surface area contributed by atoms with Crippen LogP contribution >= 0.6 is 22.9 Å². The number of benzene rings is 2. The van der Waals surface area contributed by atoms with Crippen molar-refractivity contribution >= 4 is 62.4 Å². The van der Waals surface area contributed by atoms with Gasteiger partial charge in [-0.15, -0.1) is 11.3 Å². The van der Waals surface area contributed by atoms with E-state index in [4.69, 9.17) is 25.5 Å². The van der Waals surface area contributed by atoms with Gasteiger partial charge in [-0.1, -0.05) is 23.7 Å². The van der Waals surface area contributed by atoms with E-state index in [2.05, 4.69) is 10.6 Å². The normalized spacial score (nSPS) is 10.7. The van der Waals surface area contributed by atoms with Gasteiger partial charge in [0.15, 0.2) is 0 Å². The average molecular weight is 527 g/mol. The second-order valence-corrected chi connectivity index (χ2v) is 8.95. The van der Waals surface area contributed by atoms with Crippen LogP contribution in [0.3, 0.4) is 0 Å². The van der Waals surface area contributed by atoms with Crippen molar-refractivity contribution in [3.05, 3.63) is 85.5 Å². The monoisotopic (exact) mass is 526 g/mol. The standard InChI is InChI=1S/C25H19ClN2O7S/c1-12-19(25(32)34-3)23(36-20(12)22(30)27-16-6-4-5-7-18(16)33-2)28-21(29)15-11-13-10-14(26)8-9-17(13)35-24(15)31/h4-11H,1-3H3,(H,27,30)(H,28,29). The Labute approximate surface area is 213 Å². The fraction of sp³-hybridized carbons (Fsp3) is 0.120. The smallest absolute Gasteiger partial charge is 0.349 e. The van der Waals surface area contributed by atoms with Gasteiger partial charge < -0.3 is 24.5 Å². The Balaban J connectivity index is 1.70. The molecule has 2 N–H and O–H groups in total. The van der Waals surface area contributed by atoms with Crippen LogP contribution in [0.1, 0.15) is 36.0 Å². The van der Waals surface area contributed by atoms with Gasteiger partial charge in [-0.25, -0.2) is 9.59 Å². The zero-order valence-electron chi connectivity index (χ0n) is 19.3. The van der Waals surface area contributed by atoms with Gasteiger partial charge in [-0.2, -0.15) is 0 Å². The average Bonchev–Trinajstić information content (AvgIpc) is 3.19. The second-order valence-electron chi connectivity index (χ2n) is 7.49. The summed E-state index contributed by atoms with van der Waals surface area (Å²) in [6.07, 6.45) is 0. The lowest BCUT2D eigenvalue weighted by atomic mass is 10.1. The third-order valence-corrected chi connectivity index (χ3v) is 6.70. The number of amides is 2. The first-order chi connectivity index (χ1) is 17.2. The lowest BCUT2D eigenvalue weighted by Crippen LogP contribution is -2.21. The molecule has 0 aliphatic carbocycles. The Bertz CT molecular complexity index is 1570. The van der Waals surface area contributed by atoms with Crippen LogP contribution in [0.5, 0.6) is 5.75 Å². The lowest BCUT2D eigenvalue weighted by Gasteiger charge is -2.09. The number of thiophene rings is 1. The summed E-state index contributed by atoms with van der Waals surface area (Å²) in [4.78, 5) is 51.2. The van der Waals surface area contributed by atoms with E-state index in [0.29, 0.717) is 27.4 Å². The molecule has 0 bridgehead atoms. The minimum atomic E-state index is -0.871. The van der Waals surface area contributed by atoms with E-state index < -0.39 is 23.4 Å². The molecule has 0 aliphatic heterocycles. The molecule has 184 valence electrons. The summed E-state index contributed by atoms with van der Waals surface area (Å²) >= 11 is 6.87. The van der Waals surface area contributed by atoms with Gasteiger partial charge in [-0.05, 0) is 48.9 Å². The Morgan fingerprint density at radius 2 is 1.75 bits per heavy atom. The molecular formula is C25H19ClN2O7S. The number of hydrogen-bond donors (Lipinski definition) is 2. The van der Waals surface area contributed by atoms with Gasteiger partial charge in [0.25, 0.3) is 11.8 Å². The number of anilines is 2. The third-order valence-electron chi connectivity index (χ3n) is 5.26. The quantitative estimate of drug-likeness (QED) is 0.264. The zero-order valence-corrected chi connectivity index (χ0v) is 20.8. The molecule has 2 aromatic heterocycles. The summed E-state index contributed by atoms with van der Waals surface area (Å²) < 4.78 is 15.3. The van der Waals surface area contributed by atoms with Crippen LogP contribution in [0.2, 0.25) is 5.02 Å². The number of esters is 1. The van der Waals surface area contributed by atoms with Gasteiger partial charge in [0.1, 0.15) is 21.9 Å². The highest BCUT2D eigenvalue weighted by atomic mass is 35.5. The number of ether oxygens (including phenoxy) is 2. The number of carbonyl (C=O) groups excluding carboxylic acids is 3. The summed E-state index contributed by atoms with van der Waals surface area (Å²) in [5.74, 6) is -1.65. The minimum Gasteiger partial charge on any atom is -0.495 e. The maximum atomic E-state index is 13.1. The van der Waals surface area contributed by atoms with E-state index in [-0.39, 0.29) is 26.6 Å². The second kappa shape index (κ2) is 10.2. The third kappa shape index (κ3) is 4.81. The van der Waals surface area contributed by atoms with Crippen LogP contribution in [0, 0.1) is 6.92 Å². The van der Waals surface area contributed by atoms with Crippen molar-refractivity contribution in [2.45, 2.75) is 6.92 Å². The van der Waals surface area contributed by atoms with Crippen LogP contribution in [0.25, 0.3) is 11.0 Å². The van der Waals surface area contributed by atoms with Crippen molar-refractivity contribution in [2.24, 2.45) is 0 Å². The molecule has 0 spiro atoms. The van der Waals surface area contributed by atoms with E-state index in [9.17, 15) is 19.2 Å². The minimum absolute atomic E-state index is 0.00533. The number of halogens is 1. The SMILES string of the molecule is COC(=O)c1c(NC(=O)c2cc3cc(Cl)ccc3oc2=O)sc(C(=O)Nc2ccccc2OC)c1C. The van der Waals surface area contributed by atoms with Gasteiger partial charge in [0.05, 0.1) is 30.3 Å². The van der Waals surface area contributed by atoms with Crippen molar-refractivity contribution in [3.63, 3.8) is 0 Å². The largest absolute Gasteiger partial charge is 0.495 e. The van der Waals surface area contributed by atoms with E-state index in [1.165, 1.54) is 26.4 Å². The first kappa shape index (κ1) is 25.0. The molecule has 9 nitrogen and oxygen atoms in total. The van der Waals surface area contributed by atoms with E-state index in [0.717, 1.165) is 11.3 Å². The van der Waals surface area contributed by atoms with Crippen LogP contribution in [0.15, 0.2) is 57.7 Å². The molecule has 0 saturated heterocycles. The molecule has 0 atom stereocenters. The van der Waals surface area contributed by atoms with Crippen LogP contribution in [-0.2, 0) is 4.74 Å². The molecule has 0 fully saturated rings. The van der Waals surface area contributed by atoms with Crippen LogP contribution in [0.4, 0.5) is 10.7 Å². The number of carbonyl (C=O) groups is 3. The van der Waals surface area contributed by atoms with Crippen molar-refractivity contribution in [1.29, 1.82) is 0 Å². The maximum absolute atomic E-state index is 13.1. The highest BCUT2D eigenvalue weighted by molar-refractivity contribution is 7.19. The number of nitrogens with one attached hydrogen (secondary N) is 2. The molecule has 0 radical (unpaired) electrons. The fourth-order valence-electron chi connectivity index (χ4n) is 3.52. The predicted molar refractivity (Wildman–Crippen MR) is 137 cm³/mol. The molecule has 0 aliphatic rings. The molecular weight excluding hydrogens is 508 g/mol. The summed E-state index contributed by atoms with van der Waals surface area (Å²) in [6, 6.07) is 12.8. The molecule has 2 aromatic carbocycles. The first-order valence-electron chi connectivity index (χ1n) is 10.4. The molecule has 0 unspecified atom stereocenters. The summed E-state index contributed by atoms with van der Waals surface area (Å²) in [6.45, 7) is 1.56. The summed E-state index contributed by atoms with van der Waals surface area (Å²) in [7, 11) is 2.66. The van der Waals surface area contributed by atoms with Gasteiger partial charge in [-0.3, -0.25) is 9.59 Å². The van der Waals surface area contributed by atoms with Crippen LogP contribution < -0.4 is 21.0 Å². The van der Waals surface area contributed by atoms with Crippen LogP contribution in [-0.4, -0.2) is 32.0 Å². The van der Waals surface area contributed by atoms with Crippen molar-refractivity contribution in [3.8, 4) is 5.75 Å². The molecule has 0 saturated carbocycles. The molecule has 2 heterocycles. The van der Waals surface area contributed by atoms with Crippen molar-refractivity contribution in [1.82, 2.24) is 0 Å². The van der Waals surface area contributed by atoms with Crippen molar-refractivity contribution in [2.75, 3.05) is 24.9 Å². The number of methoxy groups -OCH3 is 2. The molecule has 4 rings (SSSR count). The first-order valence-corrected chi connectivity index (χ1v) is 11.6. The molecule has 4 aromatic rings. The maximum Gasteiger partial charge on any atom is 0.349 e. The Kier molecular flexibility index (Phi) is 7.09. The fourth-order valence-corrected chi connectivity index (χ4v) is 4.78. The lowest BCUT2D eigenvalue weighted by molar-refractivity contribution is 0.0601. The Morgan fingerprint density at radius 1 is 1.00 bits per heavy atom. The topological polar surface area (TPSA) is 124 Å². The van der Waals surface area contributed by atoms with Gasteiger partial charge in [0.2, 0.25) is 0 Å². The Hall–Kier alpha value is -4.15. The number of fused-ring (bicyclic) bond motifs is 1. The number of para-hydroxylation sites is 2. The molecule has 36 heavy (non-hydrogen) atoms. The van der Waals surface area contributed by atoms with Crippen molar-refractivity contribution < 1.29 is 28.3 Å². The highest BCUT2D eigenvalue weighted by Gasteiger charge is 2.28. The Morgan fingerprint density at radius 3 is 2.47 bits per heavy atom. The zero-order chi connectivity index (χ0) is 26.0. The predicted octanol–water partition coefficient (Wildman–Crippen LogP) is 5.12. The number of hydrogen-bond acceptors (Lipinski definition) is 8. The van der Waals surface area contributed by atoms with E-state index in [1.54, 1.807) is 43.3 Å². The summed E-state index contributed by atoms with van der Waals surface area (Å²) in [5, 5.41) is 6.17. The molecule has 11 heteroatoms. The molecule has 2 amide bonds. The summed E-state index contributed by atoms with van der Waals surface area (Å²) in [5.41, 5.74) is -0.189. The van der Waals surface area contributed by atoms with Gasteiger partial charge >= 0.3 is 11.6 Å².